The zero-order valence-electron chi connectivity index (χ0n) is 16.2. The fourth-order valence-corrected chi connectivity index (χ4v) is 4.41. The summed E-state index contributed by atoms with van der Waals surface area (Å²) in [6, 6.07) is 11.3. The number of carbonyl (C=O) groups excluding carboxylic acids is 1. The number of aromatic nitrogens is 2. The van der Waals surface area contributed by atoms with Crippen LogP contribution in [0.2, 0.25) is 0 Å². The summed E-state index contributed by atoms with van der Waals surface area (Å²) in [5.74, 6) is -0.785. The number of fused-ring (bicyclic) bond motifs is 1. The molecule has 0 fully saturated rings. The van der Waals surface area contributed by atoms with Crippen molar-refractivity contribution in [2.45, 2.75) is 20.4 Å². The van der Waals surface area contributed by atoms with E-state index in [2.05, 4.69) is 10.3 Å². The van der Waals surface area contributed by atoms with Crippen LogP contribution in [0, 0.1) is 25.5 Å². The smallest absolute Gasteiger partial charge is 0.263 e. The molecule has 1 N–H and O–H groups in total. The largest absolute Gasteiger partial charge is 0.325 e. The molecule has 8 heteroatoms. The lowest BCUT2D eigenvalue weighted by molar-refractivity contribution is -0.116. The first kappa shape index (κ1) is 19.9. The molecule has 0 unspecified atom stereocenters. The van der Waals surface area contributed by atoms with Crippen molar-refractivity contribution in [3.8, 4) is 11.1 Å². The zero-order valence-corrected chi connectivity index (χ0v) is 17.0. The predicted molar refractivity (Wildman–Crippen MR) is 114 cm³/mol. The molecule has 1 amide bonds. The molecule has 0 spiro atoms. The highest BCUT2D eigenvalue weighted by molar-refractivity contribution is 7.19. The second-order valence-corrected chi connectivity index (χ2v) is 8.03. The quantitative estimate of drug-likeness (QED) is 0.517. The third-order valence-corrected chi connectivity index (χ3v) is 5.74. The molecule has 0 aliphatic heterocycles. The van der Waals surface area contributed by atoms with Gasteiger partial charge in [0, 0.05) is 16.1 Å². The van der Waals surface area contributed by atoms with Crippen LogP contribution >= 0.6 is 11.3 Å². The van der Waals surface area contributed by atoms with Crippen LogP contribution in [0.15, 0.2) is 53.3 Å². The minimum atomic E-state index is -0.428. The molecule has 30 heavy (non-hydrogen) atoms. The lowest BCUT2D eigenvalue weighted by Gasteiger charge is -2.11. The van der Waals surface area contributed by atoms with E-state index in [9.17, 15) is 18.4 Å². The molecule has 2 heterocycles. The molecule has 0 aliphatic carbocycles. The molecular weight excluding hydrogens is 408 g/mol. The normalized spacial score (nSPS) is 11.1. The average molecular weight is 425 g/mol. The number of halogens is 2. The Balaban J connectivity index is 1.74. The van der Waals surface area contributed by atoms with Gasteiger partial charge < -0.3 is 5.32 Å². The summed E-state index contributed by atoms with van der Waals surface area (Å²) >= 11 is 1.38. The Morgan fingerprint density at radius 2 is 1.63 bits per heavy atom. The Bertz CT molecular complexity index is 1310. The number of nitrogens with one attached hydrogen (secondary N) is 1. The Morgan fingerprint density at radius 3 is 2.27 bits per heavy atom. The van der Waals surface area contributed by atoms with E-state index in [1.165, 1.54) is 52.3 Å². The Hall–Kier alpha value is -3.39. The molecule has 4 rings (SSSR count). The highest BCUT2D eigenvalue weighted by Crippen LogP contribution is 2.35. The van der Waals surface area contributed by atoms with E-state index in [0.717, 1.165) is 4.88 Å². The highest BCUT2D eigenvalue weighted by atomic mass is 32.1. The number of nitrogens with zero attached hydrogens (tertiary/aromatic N) is 2. The van der Waals surface area contributed by atoms with Gasteiger partial charge in [-0.25, -0.2) is 13.8 Å². The Kier molecular flexibility index (Phi) is 5.17. The van der Waals surface area contributed by atoms with E-state index in [0.29, 0.717) is 32.9 Å². The third-order valence-electron chi connectivity index (χ3n) is 4.74. The number of benzene rings is 2. The molecule has 0 bridgehead atoms. The fourth-order valence-electron chi connectivity index (χ4n) is 3.32. The van der Waals surface area contributed by atoms with Crippen LogP contribution in [0.4, 0.5) is 14.5 Å². The SMILES string of the molecule is Cc1sc2nc(C)n(CC(=O)Nc3ccc(F)cc3)c(=O)c2c1-c1ccc(F)cc1. The van der Waals surface area contributed by atoms with Gasteiger partial charge in [-0.15, -0.1) is 11.3 Å². The van der Waals surface area contributed by atoms with E-state index < -0.39 is 11.7 Å². The molecule has 2 aromatic carbocycles. The molecule has 5 nitrogen and oxygen atoms in total. The number of thiophene rings is 1. The van der Waals surface area contributed by atoms with Crippen LogP contribution < -0.4 is 10.9 Å². The van der Waals surface area contributed by atoms with Crippen LogP contribution in [0.5, 0.6) is 0 Å². The van der Waals surface area contributed by atoms with Crippen molar-refractivity contribution in [3.63, 3.8) is 0 Å². The maximum absolute atomic E-state index is 13.3. The van der Waals surface area contributed by atoms with Crippen LogP contribution in [0.25, 0.3) is 21.3 Å². The van der Waals surface area contributed by atoms with Gasteiger partial charge >= 0.3 is 0 Å². The maximum atomic E-state index is 13.3. The molecule has 0 radical (unpaired) electrons. The van der Waals surface area contributed by atoms with Gasteiger partial charge in [0.15, 0.2) is 0 Å². The van der Waals surface area contributed by atoms with Gasteiger partial charge in [-0.05, 0) is 55.8 Å². The van der Waals surface area contributed by atoms with Gasteiger partial charge in [-0.3, -0.25) is 14.2 Å². The molecule has 0 saturated carbocycles. The van der Waals surface area contributed by atoms with Crippen LogP contribution in [0.3, 0.4) is 0 Å². The average Bonchev–Trinajstić information content (AvgIpc) is 3.03. The summed E-state index contributed by atoms with van der Waals surface area (Å²) < 4.78 is 27.7. The van der Waals surface area contributed by atoms with Gasteiger partial charge in [0.05, 0.1) is 5.39 Å². The molecule has 152 valence electrons. The summed E-state index contributed by atoms with van der Waals surface area (Å²) in [6.07, 6.45) is 0. The van der Waals surface area contributed by atoms with Crippen LogP contribution in [0.1, 0.15) is 10.7 Å². The second-order valence-electron chi connectivity index (χ2n) is 6.83. The molecule has 0 atom stereocenters. The van der Waals surface area contributed by atoms with Gasteiger partial charge in [-0.1, -0.05) is 12.1 Å². The first-order valence-electron chi connectivity index (χ1n) is 9.15. The van der Waals surface area contributed by atoms with Crippen molar-refractivity contribution in [3.05, 3.63) is 81.2 Å². The van der Waals surface area contributed by atoms with Crippen molar-refractivity contribution in [1.82, 2.24) is 9.55 Å². The summed E-state index contributed by atoms with van der Waals surface area (Å²) in [5, 5.41) is 3.05. The van der Waals surface area contributed by atoms with Gasteiger partial charge in [0.1, 0.15) is 28.8 Å². The second kappa shape index (κ2) is 7.79. The van der Waals surface area contributed by atoms with Crippen molar-refractivity contribution in [1.29, 1.82) is 0 Å². The third kappa shape index (κ3) is 3.73. The number of hydrogen-bond donors (Lipinski definition) is 1. The monoisotopic (exact) mass is 425 g/mol. The summed E-state index contributed by atoms with van der Waals surface area (Å²) in [4.78, 5) is 31.7. The number of rotatable bonds is 4. The van der Waals surface area contributed by atoms with Crippen molar-refractivity contribution < 1.29 is 13.6 Å². The maximum Gasteiger partial charge on any atom is 0.263 e. The number of anilines is 1. The highest BCUT2D eigenvalue weighted by Gasteiger charge is 2.19. The van der Waals surface area contributed by atoms with E-state index in [4.69, 9.17) is 0 Å². The lowest BCUT2D eigenvalue weighted by Crippen LogP contribution is -2.30. The number of hydrogen-bond acceptors (Lipinski definition) is 4. The fraction of sp³-hybridized carbons (Fsp3) is 0.136. The van der Waals surface area contributed by atoms with Crippen molar-refractivity contribution >= 4 is 33.1 Å². The van der Waals surface area contributed by atoms with Gasteiger partial charge in [0.2, 0.25) is 5.91 Å². The molecular formula is C22H17F2N3O2S. The predicted octanol–water partition coefficient (Wildman–Crippen LogP) is 4.66. The van der Waals surface area contributed by atoms with E-state index >= 15 is 0 Å². The first-order chi connectivity index (χ1) is 14.3. The summed E-state index contributed by atoms with van der Waals surface area (Å²) in [5.41, 5.74) is 1.50. The van der Waals surface area contributed by atoms with E-state index in [-0.39, 0.29) is 17.9 Å². The molecule has 4 aromatic rings. The Morgan fingerprint density at radius 1 is 1.03 bits per heavy atom. The van der Waals surface area contributed by atoms with E-state index in [1.54, 1.807) is 19.1 Å². The number of amides is 1. The van der Waals surface area contributed by atoms with Crippen LogP contribution in [-0.2, 0) is 11.3 Å². The Labute approximate surface area is 174 Å². The first-order valence-corrected chi connectivity index (χ1v) is 9.97. The van der Waals surface area contributed by atoms with Crippen molar-refractivity contribution in [2.24, 2.45) is 0 Å². The summed E-state index contributed by atoms with van der Waals surface area (Å²) in [7, 11) is 0. The topological polar surface area (TPSA) is 64.0 Å². The standard InChI is InChI=1S/C22H17F2N3O2S/c1-12-19(14-3-5-15(23)6-4-14)20-21(30-12)25-13(2)27(22(20)29)11-18(28)26-17-9-7-16(24)8-10-17/h3-10H,11H2,1-2H3,(H,26,28). The minimum Gasteiger partial charge on any atom is -0.325 e. The number of carbonyl (C=O) groups is 1. The molecule has 0 aliphatic rings. The van der Waals surface area contributed by atoms with Crippen LogP contribution in [-0.4, -0.2) is 15.5 Å². The molecule has 2 aromatic heterocycles. The summed E-state index contributed by atoms with van der Waals surface area (Å²) in [6.45, 7) is 3.31. The minimum absolute atomic E-state index is 0.233. The molecule has 0 saturated heterocycles. The van der Waals surface area contributed by atoms with Gasteiger partial charge in [-0.2, -0.15) is 0 Å². The lowest BCUT2D eigenvalue weighted by atomic mass is 10.0. The van der Waals surface area contributed by atoms with Crippen molar-refractivity contribution in [2.75, 3.05) is 5.32 Å². The zero-order chi connectivity index (χ0) is 21.4. The number of aryl methyl sites for hydroxylation is 2. The van der Waals surface area contributed by atoms with Gasteiger partial charge in [0.25, 0.3) is 5.56 Å². The van der Waals surface area contributed by atoms with E-state index in [1.807, 2.05) is 6.92 Å².